The van der Waals surface area contributed by atoms with Crippen molar-refractivity contribution in [1.82, 2.24) is 9.80 Å². The lowest BCUT2D eigenvalue weighted by Crippen LogP contribution is -2.51. The number of amides is 3. The van der Waals surface area contributed by atoms with Gasteiger partial charge in [-0.25, -0.2) is 4.79 Å². The van der Waals surface area contributed by atoms with Crippen LogP contribution in [0.5, 0.6) is 0 Å². The second kappa shape index (κ2) is 10.5. The number of ether oxygens (including phenoxy) is 2. The van der Waals surface area contributed by atoms with Crippen molar-refractivity contribution < 1.29 is 23.9 Å². The van der Waals surface area contributed by atoms with Crippen LogP contribution in [0.4, 0.5) is 10.5 Å². The van der Waals surface area contributed by atoms with Gasteiger partial charge in [0, 0.05) is 25.2 Å². The highest BCUT2D eigenvalue weighted by atomic mass is 16.6. The number of nitrogens with zero attached hydrogens (tertiary/aromatic N) is 2. The van der Waals surface area contributed by atoms with Crippen molar-refractivity contribution in [2.75, 3.05) is 31.6 Å². The largest absolute Gasteiger partial charge is 0.438 e. The van der Waals surface area contributed by atoms with Crippen molar-refractivity contribution in [1.29, 1.82) is 0 Å². The Morgan fingerprint density at radius 3 is 2.39 bits per heavy atom. The smallest absolute Gasteiger partial charge is 0.411 e. The van der Waals surface area contributed by atoms with Crippen LogP contribution in [0.15, 0.2) is 54.6 Å². The van der Waals surface area contributed by atoms with Gasteiger partial charge >= 0.3 is 6.09 Å². The fraction of sp³-hybridized carbons (Fsp3) is 0.400. The monoisotopic (exact) mass is 451 g/mol. The van der Waals surface area contributed by atoms with Crippen LogP contribution in [-0.2, 0) is 25.6 Å². The van der Waals surface area contributed by atoms with Crippen molar-refractivity contribution in [3.8, 4) is 0 Å². The molecule has 2 aliphatic heterocycles. The van der Waals surface area contributed by atoms with Gasteiger partial charge in [0.2, 0.25) is 11.8 Å². The molecule has 2 unspecified atom stereocenters. The van der Waals surface area contributed by atoms with Gasteiger partial charge in [-0.3, -0.25) is 14.5 Å². The zero-order valence-electron chi connectivity index (χ0n) is 18.7. The summed E-state index contributed by atoms with van der Waals surface area (Å²) < 4.78 is 11.1. The lowest BCUT2D eigenvalue weighted by atomic mass is 9.99. The summed E-state index contributed by atoms with van der Waals surface area (Å²) in [7, 11) is 0. The molecule has 33 heavy (non-hydrogen) atoms. The molecule has 2 fully saturated rings. The van der Waals surface area contributed by atoms with Crippen LogP contribution in [0, 0.1) is 0 Å². The molecule has 0 aromatic heterocycles. The third kappa shape index (κ3) is 5.34. The van der Waals surface area contributed by atoms with E-state index >= 15 is 0 Å². The maximum atomic E-state index is 13.6. The van der Waals surface area contributed by atoms with Gasteiger partial charge in [-0.1, -0.05) is 49.4 Å². The minimum atomic E-state index is -0.781. The summed E-state index contributed by atoms with van der Waals surface area (Å²) in [4.78, 5) is 41.6. The topological polar surface area (TPSA) is 88.2 Å². The van der Waals surface area contributed by atoms with E-state index in [4.69, 9.17) is 9.47 Å². The average molecular weight is 452 g/mol. The van der Waals surface area contributed by atoms with Crippen molar-refractivity contribution >= 4 is 23.6 Å². The highest BCUT2D eigenvalue weighted by molar-refractivity contribution is 5.91. The molecular formula is C25H29N3O5. The van der Waals surface area contributed by atoms with Gasteiger partial charge in [0.05, 0.1) is 19.8 Å². The summed E-state index contributed by atoms with van der Waals surface area (Å²) in [6.07, 6.45) is -0.0374. The van der Waals surface area contributed by atoms with Crippen LogP contribution >= 0.6 is 0 Å². The summed E-state index contributed by atoms with van der Waals surface area (Å²) in [5.74, 6) is -0.197. The molecule has 4 rings (SSSR count). The first-order valence-corrected chi connectivity index (χ1v) is 11.3. The maximum Gasteiger partial charge on any atom is 0.411 e. The van der Waals surface area contributed by atoms with Gasteiger partial charge < -0.3 is 19.7 Å². The standard InChI is InChI=1S/C25H29N3O5/c1-2-6-21(29)26-20-11-9-19(10-12-20)23-22(24(30)27-13-15-32-16-14-27)28(25(31)33-23)17-18-7-4-3-5-8-18/h3-5,7-12,22-23H,2,6,13-17H2,1H3,(H,26,29). The van der Waals surface area contributed by atoms with Gasteiger partial charge in [0.1, 0.15) is 0 Å². The van der Waals surface area contributed by atoms with Crippen LogP contribution in [-0.4, -0.2) is 60.1 Å². The van der Waals surface area contributed by atoms with Crippen molar-refractivity contribution in [3.63, 3.8) is 0 Å². The molecular weight excluding hydrogens is 422 g/mol. The van der Waals surface area contributed by atoms with E-state index in [-0.39, 0.29) is 18.4 Å². The van der Waals surface area contributed by atoms with Crippen LogP contribution < -0.4 is 5.32 Å². The Balaban J connectivity index is 1.59. The van der Waals surface area contributed by atoms with E-state index in [1.807, 2.05) is 37.3 Å². The van der Waals surface area contributed by atoms with Crippen LogP contribution in [0.2, 0.25) is 0 Å². The number of benzene rings is 2. The van der Waals surface area contributed by atoms with Crippen molar-refractivity contribution in [2.24, 2.45) is 0 Å². The van der Waals surface area contributed by atoms with E-state index in [1.54, 1.807) is 29.2 Å². The predicted molar refractivity (Wildman–Crippen MR) is 122 cm³/mol. The van der Waals surface area contributed by atoms with Crippen LogP contribution in [0.25, 0.3) is 0 Å². The zero-order chi connectivity index (χ0) is 23.2. The first kappa shape index (κ1) is 22.8. The molecule has 2 aromatic rings. The first-order chi connectivity index (χ1) is 16.1. The molecule has 0 aliphatic carbocycles. The minimum Gasteiger partial charge on any atom is -0.438 e. The fourth-order valence-electron chi connectivity index (χ4n) is 4.15. The maximum absolute atomic E-state index is 13.6. The number of hydrogen-bond acceptors (Lipinski definition) is 5. The lowest BCUT2D eigenvalue weighted by molar-refractivity contribution is -0.141. The summed E-state index contributed by atoms with van der Waals surface area (Å²) in [5.41, 5.74) is 2.29. The van der Waals surface area contributed by atoms with Crippen LogP contribution in [0.3, 0.4) is 0 Å². The van der Waals surface area contributed by atoms with Crippen LogP contribution in [0.1, 0.15) is 37.0 Å². The fourth-order valence-corrected chi connectivity index (χ4v) is 4.15. The number of nitrogens with one attached hydrogen (secondary N) is 1. The lowest BCUT2D eigenvalue weighted by Gasteiger charge is -2.32. The van der Waals surface area contributed by atoms with Crippen molar-refractivity contribution in [2.45, 2.75) is 38.5 Å². The van der Waals surface area contributed by atoms with E-state index in [1.165, 1.54) is 4.90 Å². The molecule has 2 saturated heterocycles. The number of carbonyl (C=O) groups is 3. The number of cyclic esters (lactones) is 1. The van der Waals surface area contributed by atoms with Gasteiger partial charge in [-0.2, -0.15) is 0 Å². The zero-order valence-corrected chi connectivity index (χ0v) is 18.7. The second-order valence-electron chi connectivity index (χ2n) is 8.22. The molecule has 174 valence electrons. The Bertz CT molecular complexity index is 973. The molecule has 0 bridgehead atoms. The molecule has 8 nitrogen and oxygen atoms in total. The number of hydrogen-bond donors (Lipinski definition) is 1. The van der Waals surface area contributed by atoms with E-state index < -0.39 is 18.2 Å². The quantitative estimate of drug-likeness (QED) is 0.698. The van der Waals surface area contributed by atoms with E-state index in [9.17, 15) is 14.4 Å². The Kier molecular flexibility index (Phi) is 7.24. The number of anilines is 1. The third-order valence-electron chi connectivity index (χ3n) is 5.86. The number of rotatable bonds is 7. The number of morpholine rings is 1. The van der Waals surface area contributed by atoms with Gasteiger partial charge in [0.25, 0.3) is 0 Å². The summed E-state index contributed by atoms with van der Waals surface area (Å²) in [6.45, 7) is 4.15. The molecule has 2 atom stereocenters. The van der Waals surface area contributed by atoms with Crippen molar-refractivity contribution in [3.05, 3.63) is 65.7 Å². The molecule has 2 heterocycles. The molecule has 1 N–H and O–H groups in total. The highest BCUT2D eigenvalue weighted by Gasteiger charge is 2.48. The summed E-state index contributed by atoms with van der Waals surface area (Å²) in [5, 5.41) is 2.85. The van der Waals surface area contributed by atoms with Gasteiger partial charge in [-0.05, 0) is 29.7 Å². The Labute approximate surface area is 193 Å². The molecule has 2 aliphatic rings. The van der Waals surface area contributed by atoms with E-state index in [0.29, 0.717) is 44.0 Å². The SMILES string of the molecule is CCCC(=O)Nc1ccc(C2OC(=O)N(Cc3ccccc3)C2C(=O)N2CCOCC2)cc1. The molecule has 0 radical (unpaired) electrons. The third-order valence-corrected chi connectivity index (χ3v) is 5.86. The summed E-state index contributed by atoms with van der Waals surface area (Å²) in [6, 6.07) is 15.9. The van der Waals surface area contributed by atoms with E-state index in [0.717, 1.165) is 12.0 Å². The second-order valence-corrected chi connectivity index (χ2v) is 8.22. The first-order valence-electron chi connectivity index (χ1n) is 11.3. The Morgan fingerprint density at radius 1 is 1.03 bits per heavy atom. The van der Waals surface area contributed by atoms with Gasteiger partial charge in [-0.15, -0.1) is 0 Å². The van der Waals surface area contributed by atoms with Gasteiger partial charge in [0.15, 0.2) is 12.1 Å². The Hall–Kier alpha value is -3.39. The minimum absolute atomic E-state index is 0.0491. The molecule has 3 amide bonds. The molecule has 0 spiro atoms. The molecule has 8 heteroatoms. The number of carbonyl (C=O) groups excluding carboxylic acids is 3. The normalized spacial score (nSPS) is 20.5. The van der Waals surface area contributed by atoms with E-state index in [2.05, 4.69) is 5.32 Å². The highest BCUT2D eigenvalue weighted by Crippen LogP contribution is 2.35. The average Bonchev–Trinajstić information content (AvgIpc) is 3.16. The molecule has 0 saturated carbocycles. The predicted octanol–water partition coefficient (Wildman–Crippen LogP) is 3.35. The molecule has 2 aromatic carbocycles. The summed E-state index contributed by atoms with van der Waals surface area (Å²) >= 11 is 0. The Morgan fingerprint density at radius 2 is 1.73 bits per heavy atom.